The van der Waals surface area contributed by atoms with Crippen LogP contribution in [0.15, 0.2) is 0 Å². The molecule has 1 amide bonds. The van der Waals surface area contributed by atoms with E-state index in [-0.39, 0.29) is 0 Å². The van der Waals surface area contributed by atoms with Gasteiger partial charge in [0.15, 0.2) is 0 Å². The Bertz CT molecular complexity index is 236. The van der Waals surface area contributed by atoms with Crippen LogP contribution >= 0.6 is 0 Å². The number of nitrogens with zero attached hydrogens (tertiary/aromatic N) is 1. The van der Waals surface area contributed by atoms with Gasteiger partial charge in [-0.25, -0.2) is 0 Å². The summed E-state index contributed by atoms with van der Waals surface area (Å²) in [7, 11) is 1.99. The average Bonchev–Trinajstić information content (AvgIpc) is 2.78. The summed E-state index contributed by atoms with van der Waals surface area (Å²) in [5.74, 6) is 1.47. The molecule has 1 unspecified atom stereocenters. The van der Waals surface area contributed by atoms with Crippen molar-refractivity contribution in [3.63, 3.8) is 0 Å². The first-order valence-electron chi connectivity index (χ1n) is 6.74. The minimum Gasteiger partial charge on any atom is -0.342 e. The van der Waals surface area contributed by atoms with Gasteiger partial charge in [-0.1, -0.05) is 19.3 Å². The number of nitrogens with one attached hydrogen (secondary N) is 1. The summed E-state index contributed by atoms with van der Waals surface area (Å²) in [6.07, 6.45) is 7.28. The van der Waals surface area contributed by atoms with E-state index >= 15 is 0 Å². The average molecular weight is 224 g/mol. The first kappa shape index (κ1) is 11.9. The number of amides is 1. The number of carbonyl (C=O) groups excluding carboxylic acids is 1. The molecule has 0 bridgehead atoms. The van der Waals surface area contributed by atoms with Crippen molar-refractivity contribution in [1.82, 2.24) is 10.2 Å². The van der Waals surface area contributed by atoms with Crippen molar-refractivity contribution in [2.24, 2.45) is 11.8 Å². The van der Waals surface area contributed by atoms with Crippen molar-refractivity contribution in [1.29, 1.82) is 0 Å². The van der Waals surface area contributed by atoms with Crippen LogP contribution in [0.4, 0.5) is 0 Å². The van der Waals surface area contributed by atoms with Gasteiger partial charge in [0.05, 0.1) is 0 Å². The summed E-state index contributed by atoms with van der Waals surface area (Å²) < 4.78 is 0. The fourth-order valence-electron chi connectivity index (χ4n) is 3.10. The molecule has 2 rings (SSSR count). The Morgan fingerprint density at radius 2 is 2.00 bits per heavy atom. The van der Waals surface area contributed by atoms with E-state index in [1.807, 2.05) is 7.05 Å². The number of carbonyl (C=O) groups is 1. The topological polar surface area (TPSA) is 32.3 Å². The predicted molar refractivity (Wildman–Crippen MR) is 65.2 cm³/mol. The van der Waals surface area contributed by atoms with Crippen LogP contribution in [0.1, 0.15) is 38.5 Å². The van der Waals surface area contributed by atoms with E-state index in [1.54, 1.807) is 0 Å². The lowest BCUT2D eigenvalue weighted by atomic mass is 9.88. The van der Waals surface area contributed by atoms with Gasteiger partial charge >= 0.3 is 0 Å². The van der Waals surface area contributed by atoms with Gasteiger partial charge in [-0.3, -0.25) is 4.79 Å². The van der Waals surface area contributed by atoms with Crippen LogP contribution in [-0.4, -0.2) is 37.5 Å². The second-order valence-corrected chi connectivity index (χ2v) is 5.33. The van der Waals surface area contributed by atoms with Gasteiger partial charge in [0.2, 0.25) is 5.91 Å². The fourth-order valence-corrected chi connectivity index (χ4v) is 3.10. The van der Waals surface area contributed by atoms with Gasteiger partial charge in [0, 0.05) is 19.0 Å². The number of likely N-dealkylation sites (tertiary alicyclic amines) is 1. The van der Waals surface area contributed by atoms with Crippen molar-refractivity contribution < 1.29 is 4.79 Å². The van der Waals surface area contributed by atoms with Crippen LogP contribution in [-0.2, 0) is 4.79 Å². The molecule has 0 radical (unpaired) electrons. The molecular formula is C13H24N2O. The van der Waals surface area contributed by atoms with E-state index in [1.165, 1.54) is 25.7 Å². The second-order valence-electron chi connectivity index (χ2n) is 5.33. The van der Waals surface area contributed by atoms with Crippen LogP contribution in [0.2, 0.25) is 0 Å². The van der Waals surface area contributed by atoms with Crippen molar-refractivity contribution in [2.45, 2.75) is 38.5 Å². The van der Waals surface area contributed by atoms with Crippen molar-refractivity contribution in [3.8, 4) is 0 Å². The van der Waals surface area contributed by atoms with Crippen LogP contribution < -0.4 is 5.32 Å². The highest BCUT2D eigenvalue weighted by atomic mass is 16.2. The zero-order valence-electron chi connectivity index (χ0n) is 10.4. The summed E-state index contributed by atoms with van der Waals surface area (Å²) in [4.78, 5) is 14.4. The predicted octanol–water partition coefficient (Wildman–Crippen LogP) is 1.63. The largest absolute Gasteiger partial charge is 0.342 e. The highest BCUT2D eigenvalue weighted by Crippen LogP contribution is 2.27. The molecule has 0 spiro atoms. The fraction of sp³-hybridized carbons (Fsp3) is 0.923. The molecule has 16 heavy (non-hydrogen) atoms. The Morgan fingerprint density at radius 3 is 2.69 bits per heavy atom. The third-order valence-corrected chi connectivity index (χ3v) is 4.04. The third-order valence-electron chi connectivity index (χ3n) is 4.04. The molecule has 0 aromatic rings. The van der Waals surface area contributed by atoms with Crippen LogP contribution in [0.3, 0.4) is 0 Å². The Kier molecular flexibility index (Phi) is 4.22. The maximum absolute atomic E-state index is 12.3. The van der Waals surface area contributed by atoms with E-state index in [9.17, 15) is 4.79 Å². The molecule has 1 heterocycles. The molecule has 92 valence electrons. The number of hydrogen-bond donors (Lipinski definition) is 1. The van der Waals surface area contributed by atoms with E-state index in [0.717, 1.165) is 32.5 Å². The quantitative estimate of drug-likeness (QED) is 0.790. The lowest BCUT2D eigenvalue weighted by Gasteiger charge is -2.26. The van der Waals surface area contributed by atoms with Gasteiger partial charge in [0.1, 0.15) is 0 Å². The Labute approximate surface area is 98.6 Å². The first-order chi connectivity index (χ1) is 7.81. The molecule has 2 fully saturated rings. The Hall–Kier alpha value is -0.570. The normalized spacial score (nSPS) is 27.3. The van der Waals surface area contributed by atoms with Gasteiger partial charge in [-0.05, 0) is 38.8 Å². The monoisotopic (exact) mass is 224 g/mol. The van der Waals surface area contributed by atoms with E-state index in [2.05, 4.69) is 10.2 Å². The summed E-state index contributed by atoms with van der Waals surface area (Å²) in [5, 5.41) is 3.21. The standard InChI is InChI=1S/C13H24N2O/c1-14-9-11-7-8-15(10-11)13(16)12-5-3-2-4-6-12/h11-12,14H,2-10H2,1H3. The summed E-state index contributed by atoms with van der Waals surface area (Å²) in [6, 6.07) is 0. The second kappa shape index (κ2) is 5.67. The third kappa shape index (κ3) is 2.76. The minimum atomic E-state index is 0.349. The highest BCUT2D eigenvalue weighted by Gasteiger charge is 2.30. The van der Waals surface area contributed by atoms with E-state index < -0.39 is 0 Å². The van der Waals surface area contributed by atoms with Crippen LogP contribution in [0.5, 0.6) is 0 Å². The molecule has 3 nitrogen and oxygen atoms in total. The zero-order valence-corrected chi connectivity index (χ0v) is 10.4. The van der Waals surface area contributed by atoms with Crippen LogP contribution in [0, 0.1) is 11.8 Å². The van der Waals surface area contributed by atoms with E-state index in [0.29, 0.717) is 17.7 Å². The molecule has 1 aliphatic heterocycles. The lowest BCUT2D eigenvalue weighted by Crippen LogP contribution is -2.36. The highest BCUT2D eigenvalue weighted by molar-refractivity contribution is 5.79. The van der Waals surface area contributed by atoms with Crippen LogP contribution in [0.25, 0.3) is 0 Å². The van der Waals surface area contributed by atoms with Gasteiger partial charge in [-0.2, -0.15) is 0 Å². The summed E-state index contributed by atoms with van der Waals surface area (Å²) in [5.41, 5.74) is 0. The van der Waals surface area contributed by atoms with Crippen molar-refractivity contribution >= 4 is 5.91 Å². The molecule has 1 aliphatic carbocycles. The molecule has 3 heteroatoms. The maximum Gasteiger partial charge on any atom is 0.225 e. The molecule has 0 aromatic carbocycles. The van der Waals surface area contributed by atoms with Gasteiger partial charge in [0.25, 0.3) is 0 Å². The number of rotatable bonds is 3. The lowest BCUT2D eigenvalue weighted by molar-refractivity contribution is -0.135. The smallest absolute Gasteiger partial charge is 0.225 e. The SMILES string of the molecule is CNCC1CCN(C(=O)C2CCCCC2)C1. The number of hydrogen-bond acceptors (Lipinski definition) is 2. The molecule has 2 aliphatic rings. The van der Waals surface area contributed by atoms with Gasteiger partial charge < -0.3 is 10.2 Å². The Balaban J connectivity index is 1.81. The molecule has 1 N–H and O–H groups in total. The zero-order chi connectivity index (χ0) is 11.4. The van der Waals surface area contributed by atoms with Crippen molar-refractivity contribution in [2.75, 3.05) is 26.7 Å². The summed E-state index contributed by atoms with van der Waals surface area (Å²) in [6.45, 7) is 3.02. The van der Waals surface area contributed by atoms with Gasteiger partial charge in [-0.15, -0.1) is 0 Å². The molecule has 1 saturated heterocycles. The summed E-state index contributed by atoms with van der Waals surface area (Å²) >= 11 is 0. The molecular weight excluding hydrogens is 200 g/mol. The molecule has 0 aromatic heterocycles. The van der Waals surface area contributed by atoms with Crippen molar-refractivity contribution in [3.05, 3.63) is 0 Å². The maximum atomic E-state index is 12.3. The molecule has 1 atom stereocenters. The minimum absolute atomic E-state index is 0.349. The van der Waals surface area contributed by atoms with E-state index in [4.69, 9.17) is 0 Å². The molecule has 1 saturated carbocycles. The Morgan fingerprint density at radius 1 is 1.25 bits per heavy atom. The first-order valence-corrected chi connectivity index (χ1v) is 6.74.